The molecule has 3 rings (SSSR count). The lowest BCUT2D eigenvalue weighted by Gasteiger charge is -2.38. The number of methoxy groups -OCH3 is 1. The van der Waals surface area contributed by atoms with E-state index in [0.717, 1.165) is 66.6 Å². The molecular weight excluding hydrogens is 482 g/mol. The smallest absolute Gasteiger partial charge is 0.259 e. The number of piperazine rings is 1. The minimum absolute atomic E-state index is 0. The molecule has 2 heterocycles. The van der Waals surface area contributed by atoms with E-state index in [0.29, 0.717) is 5.56 Å². The van der Waals surface area contributed by atoms with Crippen molar-refractivity contribution in [3.63, 3.8) is 0 Å². The highest BCUT2D eigenvalue weighted by Crippen LogP contribution is 2.33. The third kappa shape index (κ3) is 5.74. The fraction of sp³-hybridized carbons (Fsp3) is 0.455. The van der Waals surface area contributed by atoms with E-state index in [1.807, 2.05) is 18.2 Å². The van der Waals surface area contributed by atoms with Gasteiger partial charge in [-0.1, -0.05) is 22.9 Å². The van der Waals surface area contributed by atoms with Crippen molar-refractivity contribution in [2.24, 2.45) is 0 Å². The second kappa shape index (κ2) is 11.4. The van der Waals surface area contributed by atoms with Crippen molar-refractivity contribution in [1.82, 2.24) is 9.88 Å². The average Bonchev–Trinajstić information content (AvgIpc) is 2.76. The summed E-state index contributed by atoms with van der Waals surface area (Å²) in [6.07, 6.45) is 2.77. The Morgan fingerprint density at radius 2 is 1.87 bits per heavy atom. The molecule has 1 aliphatic heterocycles. The van der Waals surface area contributed by atoms with Gasteiger partial charge >= 0.3 is 0 Å². The van der Waals surface area contributed by atoms with Gasteiger partial charge in [-0.05, 0) is 30.7 Å². The van der Waals surface area contributed by atoms with Gasteiger partial charge in [-0.2, -0.15) is 0 Å². The first-order chi connectivity index (χ1) is 14.5. The zero-order valence-electron chi connectivity index (χ0n) is 18.5. The standard InChI is InChI=1S/C22H30BrN5O2.ClH/c1-5-9-24-17-8-10-25-21(20(17)22(29)26(2)3)28-13-11-27(12-14-28)18-7-6-16(23)15-19(18)30-4;/h6-8,10,15H,5,9,11-14H2,1-4H3,(H,24,25);1H. The third-order valence-electron chi connectivity index (χ3n) is 5.18. The molecule has 1 N–H and O–H groups in total. The second-order valence-electron chi connectivity index (χ2n) is 7.47. The number of carbonyl (C=O) groups excluding carboxylic acids is 1. The number of halogens is 2. The van der Waals surface area contributed by atoms with Crippen LogP contribution < -0.4 is 19.9 Å². The van der Waals surface area contributed by atoms with Crippen LogP contribution in [0.3, 0.4) is 0 Å². The van der Waals surface area contributed by atoms with E-state index in [4.69, 9.17) is 4.74 Å². The van der Waals surface area contributed by atoms with Crippen molar-refractivity contribution in [2.75, 3.05) is 69.0 Å². The minimum Gasteiger partial charge on any atom is -0.495 e. The van der Waals surface area contributed by atoms with Crippen LogP contribution in [0.2, 0.25) is 0 Å². The van der Waals surface area contributed by atoms with E-state index in [2.05, 4.69) is 49.0 Å². The lowest BCUT2D eigenvalue weighted by molar-refractivity contribution is 0.0828. The number of benzene rings is 1. The number of amides is 1. The largest absolute Gasteiger partial charge is 0.495 e. The molecule has 0 unspecified atom stereocenters. The highest BCUT2D eigenvalue weighted by Gasteiger charge is 2.27. The van der Waals surface area contributed by atoms with Crippen molar-refractivity contribution in [3.05, 3.63) is 40.5 Å². The Labute approximate surface area is 199 Å². The van der Waals surface area contributed by atoms with Crippen molar-refractivity contribution in [3.8, 4) is 5.75 Å². The minimum atomic E-state index is -0.0336. The van der Waals surface area contributed by atoms with Crippen LogP contribution in [-0.2, 0) is 0 Å². The molecule has 1 amide bonds. The number of hydrogen-bond donors (Lipinski definition) is 1. The molecule has 1 aliphatic rings. The highest BCUT2D eigenvalue weighted by atomic mass is 79.9. The van der Waals surface area contributed by atoms with Gasteiger partial charge in [0.1, 0.15) is 17.1 Å². The van der Waals surface area contributed by atoms with Crippen LogP contribution in [0, 0.1) is 0 Å². The molecular formula is C22H31BrClN5O2. The van der Waals surface area contributed by atoms with Crippen molar-refractivity contribution in [2.45, 2.75) is 13.3 Å². The first-order valence-corrected chi connectivity index (χ1v) is 11.0. The summed E-state index contributed by atoms with van der Waals surface area (Å²) in [5.41, 5.74) is 2.57. The van der Waals surface area contributed by atoms with Crippen LogP contribution in [-0.4, -0.2) is 69.7 Å². The quantitative estimate of drug-likeness (QED) is 0.602. The average molecular weight is 513 g/mol. The van der Waals surface area contributed by atoms with Gasteiger partial charge in [0.25, 0.3) is 5.91 Å². The van der Waals surface area contributed by atoms with Gasteiger partial charge in [0, 0.05) is 57.5 Å². The molecule has 170 valence electrons. The predicted molar refractivity (Wildman–Crippen MR) is 133 cm³/mol. The molecule has 0 atom stereocenters. The van der Waals surface area contributed by atoms with Crippen molar-refractivity contribution in [1.29, 1.82) is 0 Å². The zero-order chi connectivity index (χ0) is 21.7. The Morgan fingerprint density at radius 3 is 2.48 bits per heavy atom. The molecule has 1 saturated heterocycles. The van der Waals surface area contributed by atoms with Crippen molar-refractivity contribution < 1.29 is 9.53 Å². The molecule has 31 heavy (non-hydrogen) atoms. The molecule has 0 radical (unpaired) electrons. The lowest BCUT2D eigenvalue weighted by Crippen LogP contribution is -2.47. The van der Waals surface area contributed by atoms with Crippen LogP contribution in [0.4, 0.5) is 17.2 Å². The van der Waals surface area contributed by atoms with E-state index in [1.54, 1.807) is 32.3 Å². The first-order valence-electron chi connectivity index (χ1n) is 10.2. The number of pyridine rings is 1. The van der Waals surface area contributed by atoms with Gasteiger partial charge in [-0.25, -0.2) is 4.98 Å². The van der Waals surface area contributed by atoms with Gasteiger partial charge in [0.15, 0.2) is 0 Å². The van der Waals surface area contributed by atoms with Crippen LogP contribution >= 0.6 is 28.3 Å². The van der Waals surface area contributed by atoms with Crippen LogP contribution in [0.5, 0.6) is 5.75 Å². The Balaban J connectivity index is 0.00000341. The molecule has 2 aromatic rings. The van der Waals surface area contributed by atoms with Gasteiger partial charge in [-0.15, -0.1) is 12.4 Å². The molecule has 1 aromatic carbocycles. The van der Waals surface area contributed by atoms with Crippen LogP contribution in [0.15, 0.2) is 34.9 Å². The Bertz CT molecular complexity index is 888. The fourth-order valence-corrected chi connectivity index (χ4v) is 3.94. The number of hydrogen-bond acceptors (Lipinski definition) is 6. The lowest BCUT2D eigenvalue weighted by atomic mass is 10.1. The number of nitrogens with zero attached hydrogens (tertiary/aromatic N) is 4. The SMILES string of the molecule is CCCNc1ccnc(N2CCN(c3ccc(Br)cc3OC)CC2)c1C(=O)N(C)C.Cl. The van der Waals surface area contributed by atoms with Crippen molar-refractivity contribution >= 4 is 51.4 Å². The van der Waals surface area contributed by atoms with Gasteiger partial charge in [0.05, 0.1) is 18.5 Å². The molecule has 7 nitrogen and oxygen atoms in total. The number of aromatic nitrogens is 1. The van der Waals surface area contributed by atoms with E-state index in [9.17, 15) is 4.79 Å². The maximum absolute atomic E-state index is 13.0. The molecule has 9 heteroatoms. The number of ether oxygens (including phenoxy) is 1. The van der Waals surface area contributed by atoms with Gasteiger partial charge < -0.3 is 24.8 Å². The number of rotatable bonds is 7. The molecule has 0 spiro atoms. The summed E-state index contributed by atoms with van der Waals surface area (Å²) < 4.78 is 6.56. The molecule has 1 aromatic heterocycles. The topological polar surface area (TPSA) is 60.9 Å². The first kappa shape index (κ1) is 25.1. The maximum atomic E-state index is 13.0. The predicted octanol–water partition coefficient (Wildman–Crippen LogP) is 4.12. The zero-order valence-corrected chi connectivity index (χ0v) is 20.9. The number of nitrogens with one attached hydrogen (secondary N) is 1. The Kier molecular flexibility index (Phi) is 9.25. The maximum Gasteiger partial charge on any atom is 0.259 e. The summed E-state index contributed by atoms with van der Waals surface area (Å²) in [7, 11) is 5.25. The molecule has 0 bridgehead atoms. The summed E-state index contributed by atoms with van der Waals surface area (Å²) >= 11 is 3.50. The summed E-state index contributed by atoms with van der Waals surface area (Å²) in [4.78, 5) is 23.7. The number of carbonyl (C=O) groups is 1. The number of anilines is 3. The summed E-state index contributed by atoms with van der Waals surface area (Å²) in [5.74, 6) is 1.57. The Morgan fingerprint density at radius 1 is 1.19 bits per heavy atom. The van der Waals surface area contributed by atoms with Gasteiger partial charge in [-0.3, -0.25) is 4.79 Å². The summed E-state index contributed by atoms with van der Waals surface area (Å²) in [5, 5.41) is 3.39. The summed E-state index contributed by atoms with van der Waals surface area (Å²) in [6, 6.07) is 7.98. The van der Waals surface area contributed by atoms with Crippen LogP contribution in [0.1, 0.15) is 23.7 Å². The monoisotopic (exact) mass is 511 g/mol. The van der Waals surface area contributed by atoms with E-state index >= 15 is 0 Å². The second-order valence-corrected chi connectivity index (χ2v) is 8.39. The van der Waals surface area contributed by atoms with Gasteiger partial charge in [0.2, 0.25) is 0 Å². The fourth-order valence-electron chi connectivity index (χ4n) is 3.60. The Hall–Kier alpha value is -2.19. The highest BCUT2D eigenvalue weighted by molar-refractivity contribution is 9.10. The van der Waals surface area contributed by atoms with E-state index < -0.39 is 0 Å². The molecule has 1 fully saturated rings. The normalized spacial score (nSPS) is 13.5. The molecule has 0 aliphatic carbocycles. The van der Waals surface area contributed by atoms with Crippen LogP contribution in [0.25, 0.3) is 0 Å². The third-order valence-corrected chi connectivity index (χ3v) is 5.67. The van der Waals surface area contributed by atoms with E-state index in [-0.39, 0.29) is 18.3 Å². The summed E-state index contributed by atoms with van der Waals surface area (Å²) in [6.45, 7) is 6.12. The van der Waals surface area contributed by atoms with E-state index in [1.165, 1.54) is 0 Å². The molecule has 0 saturated carbocycles.